The smallest absolute Gasteiger partial charge is 0.238 e. The van der Waals surface area contributed by atoms with Gasteiger partial charge in [0.15, 0.2) is 0 Å². The summed E-state index contributed by atoms with van der Waals surface area (Å²) in [5.74, 6) is -0.450. The van der Waals surface area contributed by atoms with Crippen molar-refractivity contribution in [3.05, 3.63) is 53.8 Å². The van der Waals surface area contributed by atoms with Crippen LogP contribution in [0.25, 0.3) is 11.1 Å². The third-order valence-electron chi connectivity index (χ3n) is 2.74. The lowest BCUT2D eigenvalue weighted by Crippen LogP contribution is -2.12. The van der Waals surface area contributed by atoms with Crippen molar-refractivity contribution in [1.82, 2.24) is 0 Å². The van der Waals surface area contributed by atoms with Gasteiger partial charge in [-0.1, -0.05) is 24.3 Å². The highest BCUT2D eigenvalue weighted by molar-refractivity contribution is 7.89. The van der Waals surface area contributed by atoms with Gasteiger partial charge in [-0.3, -0.25) is 0 Å². The molecule has 0 heterocycles. The van der Waals surface area contributed by atoms with Gasteiger partial charge in [0.05, 0.1) is 4.90 Å². The summed E-state index contributed by atoms with van der Waals surface area (Å²) < 4.78 is 36.5. The van der Waals surface area contributed by atoms with Crippen molar-refractivity contribution in [2.75, 3.05) is 0 Å². The Hall–Kier alpha value is -1.76. The van der Waals surface area contributed by atoms with Crippen molar-refractivity contribution < 1.29 is 12.8 Å². The predicted octanol–water partition coefficient (Wildman–Crippen LogP) is 1.60. The average Bonchev–Trinajstić information content (AvgIpc) is 2.37. The maximum absolute atomic E-state index is 13.9. The maximum atomic E-state index is 13.9. The molecule has 100 valence electrons. The minimum absolute atomic E-state index is 0.0488. The van der Waals surface area contributed by atoms with E-state index < -0.39 is 15.8 Å². The van der Waals surface area contributed by atoms with Crippen LogP contribution < -0.4 is 10.9 Å². The van der Waals surface area contributed by atoms with E-state index in [2.05, 4.69) is 0 Å². The second-order valence-corrected chi connectivity index (χ2v) is 5.65. The first-order valence-electron chi connectivity index (χ1n) is 5.53. The van der Waals surface area contributed by atoms with Crippen LogP contribution in [0, 0.1) is 5.82 Å². The van der Waals surface area contributed by atoms with Crippen molar-refractivity contribution in [2.24, 2.45) is 10.9 Å². The topological polar surface area (TPSA) is 86.2 Å². The van der Waals surface area contributed by atoms with E-state index in [1.54, 1.807) is 18.2 Å². The Kier molecular flexibility index (Phi) is 3.66. The molecule has 4 nitrogen and oxygen atoms in total. The zero-order chi connectivity index (χ0) is 14.0. The molecular weight excluding hydrogens is 267 g/mol. The Morgan fingerprint density at radius 2 is 1.84 bits per heavy atom. The molecule has 0 fully saturated rings. The number of hydrogen-bond donors (Lipinski definition) is 2. The number of hydrogen-bond acceptors (Lipinski definition) is 3. The molecule has 0 atom stereocenters. The Morgan fingerprint density at radius 1 is 1.11 bits per heavy atom. The van der Waals surface area contributed by atoms with Crippen LogP contribution >= 0.6 is 0 Å². The average molecular weight is 280 g/mol. The Labute approximate surface area is 110 Å². The highest BCUT2D eigenvalue weighted by Gasteiger charge is 2.11. The summed E-state index contributed by atoms with van der Waals surface area (Å²) in [5, 5.41) is 5.05. The summed E-state index contributed by atoms with van der Waals surface area (Å²) in [4.78, 5) is -0.0488. The minimum Gasteiger partial charge on any atom is -0.326 e. The van der Waals surface area contributed by atoms with Gasteiger partial charge in [0.1, 0.15) is 5.82 Å². The van der Waals surface area contributed by atoms with Crippen LogP contribution in [-0.2, 0) is 16.6 Å². The van der Waals surface area contributed by atoms with E-state index in [1.165, 1.54) is 24.3 Å². The molecule has 0 saturated carbocycles. The molecule has 2 aromatic rings. The summed E-state index contributed by atoms with van der Waals surface area (Å²) in [5.41, 5.74) is 6.86. The molecule has 0 aromatic heterocycles. The molecule has 0 unspecified atom stereocenters. The molecule has 2 rings (SSSR count). The van der Waals surface area contributed by atoms with E-state index >= 15 is 0 Å². The first-order valence-corrected chi connectivity index (χ1v) is 7.08. The van der Waals surface area contributed by atoms with Gasteiger partial charge in [0.25, 0.3) is 0 Å². The Bertz CT molecular complexity index is 714. The number of nitrogens with two attached hydrogens (primary N) is 2. The predicted molar refractivity (Wildman–Crippen MR) is 71.1 cm³/mol. The van der Waals surface area contributed by atoms with E-state index in [-0.39, 0.29) is 11.4 Å². The first kappa shape index (κ1) is 13.7. The van der Waals surface area contributed by atoms with E-state index in [0.717, 1.165) is 0 Å². The lowest BCUT2D eigenvalue weighted by molar-refractivity contribution is 0.597. The molecule has 0 saturated heterocycles. The molecule has 0 radical (unpaired) electrons. The summed E-state index contributed by atoms with van der Waals surface area (Å²) in [7, 11) is -3.80. The largest absolute Gasteiger partial charge is 0.326 e. The quantitative estimate of drug-likeness (QED) is 0.895. The molecule has 2 aromatic carbocycles. The molecule has 19 heavy (non-hydrogen) atoms. The number of primary sulfonamides is 1. The number of rotatable bonds is 3. The summed E-state index contributed by atoms with van der Waals surface area (Å²) in [6.07, 6.45) is 0. The summed E-state index contributed by atoms with van der Waals surface area (Å²) >= 11 is 0. The van der Waals surface area contributed by atoms with Gasteiger partial charge in [-0.05, 0) is 29.3 Å². The van der Waals surface area contributed by atoms with Crippen molar-refractivity contribution in [3.8, 4) is 11.1 Å². The molecular formula is C13H13FN2O2S. The van der Waals surface area contributed by atoms with Gasteiger partial charge in [-0.15, -0.1) is 0 Å². The lowest BCUT2D eigenvalue weighted by Gasteiger charge is -2.07. The van der Waals surface area contributed by atoms with Crippen LogP contribution in [0.5, 0.6) is 0 Å². The minimum atomic E-state index is -3.80. The highest BCUT2D eigenvalue weighted by atomic mass is 32.2. The second-order valence-electron chi connectivity index (χ2n) is 4.09. The molecule has 0 spiro atoms. The van der Waals surface area contributed by atoms with Gasteiger partial charge in [-0.25, -0.2) is 17.9 Å². The maximum Gasteiger partial charge on any atom is 0.238 e. The second kappa shape index (κ2) is 5.08. The third kappa shape index (κ3) is 2.98. The van der Waals surface area contributed by atoms with Crippen LogP contribution in [0.1, 0.15) is 5.56 Å². The summed E-state index contributed by atoms with van der Waals surface area (Å²) in [6.45, 7) is 0.244. The van der Waals surface area contributed by atoms with Crippen molar-refractivity contribution >= 4 is 10.0 Å². The van der Waals surface area contributed by atoms with Crippen LogP contribution in [0.4, 0.5) is 4.39 Å². The monoisotopic (exact) mass is 280 g/mol. The standard InChI is InChI=1S/C13H13FN2O2S/c14-13-6-9(8-15)4-5-12(13)10-2-1-3-11(7-10)19(16,17)18/h1-7H,8,15H2,(H2,16,17,18). The van der Waals surface area contributed by atoms with Gasteiger partial charge in [0.2, 0.25) is 10.0 Å². The molecule has 0 bridgehead atoms. The van der Waals surface area contributed by atoms with Crippen LogP contribution in [0.2, 0.25) is 0 Å². The van der Waals surface area contributed by atoms with E-state index in [0.29, 0.717) is 16.7 Å². The SMILES string of the molecule is NCc1ccc(-c2cccc(S(N)(=O)=O)c2)c(F)c1. The van der Waals surface area contributed by atoms with Crippen LogP contribution in [0.3, 0.4) is 0 Å². The van der Waals surface area contributed by atoms with E-state index in [9.17, 15) is 12.8 Å². The third-order valence-corrected chi connectivity index (χ3v) is 3.65. The number of sulfonamides is 1. The van der Waals surface area contributed by atoms with Gasteiger partial charge in [-0.2, -0.15) is 0 Å². The number of halogens is 1. The molecule has 0 aliphatic rings. The van der Waals surface area contributed by atoms with Gasteiger partial charge < -0.3 is 5.73 Å². The molecule has 0 amide bonds. The van der Waals surface area contributed by atoms with Crippen LogP contribution in [-0.4, -0.2) is 8.42 Å². The lowest BCUT2D eigenvalue weighted by atomic mass is 10.0. The Balaban J connectivity index is 2.54. The van der Waals surface area contributed by atoms with Crippen molar-refractivity contribution in [2.45, 2.75) is 11.4 Å². The zero-order valence-corrected chi connectivity index (χ0v) is 10.8. The Morgan fingerprint density at radius 3 is 2.42 bits per heavy atom. The summed E-state index contributed by atoms with van der Waals surface area (Å²) in [6, 6.07) is 10.4. The fourth-order valence-electron chi connectivity index (χ4n) is 1.76. The van der Waals surface area contributed by atoms with E-state index in [4.69, 9.17) is 10.9 Å². The fraction of sp³-hybridized carbons (Fsp3) is 0.0769. The van der Waals surface area contributed by atoms with Crippen LogP contribution in [0.15, 0.2) is 47.4 Å². The fourth-order valence-corrected chi connectivity index (χ4v) is 2.32. The van der Waals surface area contributed by atoms with Crippen molar-refractivity contribution in [1.29, 1.82) is 0 Å². The molecule has 6 heteroatoms. The first-order chi connectivity index (χ1) is 8.91. The van der Waals surface area contributed by atoms with Gasteiger partial charge in [0, 0.05) is 12.1 Å². The molecule has 4 N–H and O–H groups in total. The molecule has 0 aliphatic carbocycles. The molecule has 0 aliphatic heterocycles. The zero-order valence-electron chi connectivity index (χ0n) is 10.0. The number of benzene rings is 2. The van der Waals surface area contributed by atoms with Gasteiger partial charge >= 0.3 is 0 Å². The van der Waals surface area contributed by atoms with E-state index in [1.807, 2.05) is 0 Å². The van der Waals surface area contributed by atoms with Crippen molar-refractivity contribution in [3.63, 3.8) is 0 Å². The normalized spacial score (nSPS) is 11.5. The highest BCUT2D eigenvalue weighted by Crippen LogP contribution is 2.25.